The highest BCUT2D eigenvalue weighted by molar-refractivity contribution is 7.09. The van der Waals surface area contributed by atoms with E-state index in [0.717, 1.165) is 16.3 Å². The molecule has 2 rings (SSSR count). The van der Waals surface area contributed by atoms with Crippen LogP contribution in [-0.4, -0.2) is 17.2 Å². The van der Waals surface area contributed by atoms with Crippen LogP contribution in [-0.2, 0) is 6.54 Å². The van der Waals surface area contributed by atoms with Gasteiger partial charge in [-0.3, -0.25) is 5.41 Å². The van der Waals surface area contributed by atoms with Gasteiger partial charge in [0, 0.05) is 16.6 Å². The number of benzene rings is 1. The van der Waals surface area contributed by atoms with E-state index in [9.17, 15) is 0 Å². The predicted octanol–water partition coefficient (Wildman–Crippen LogP) is 2.72. The summed E-state index contributed by atoms with van der Waals surface area (Å²) in [6, 6.07) is 6.11. The Bertz CT molecular complexity index is 640. The second-order valence-electron chi connectivity index (χ2n) is 4.79. The molecule has 0 aliphatic rings. The highest BCUT2D eigenvalue weighted by Gasteiger charge is 2.00. The minimum absolute atomic E-state index is 0.158. The van der Waals surface area contributed by atoms with E-state index in [1.165, 1.54) is 11.1 Å². The molecule has 1 aromatic heterocycles. The summed E-state index contributed by atoms with van der Waals surface area (Å²) in [6.07, 6.45) is 1.74. The van der Waals surface area contributed by atoms with Crippen LogP contribution in [0.4, 0.5) is 0 Å². The SMILES string of the molecule is Cc1csc(CNC(=N)N/N=C/c2c(C)cccc2C)n1. The number of guanidine groups is 1. The lowest BCUT2D eigenvalue weighted by atomic mass is 10.0. The minimum atomic E-state index is 0.158. The molecule has 0 fully saturated rings. The Morgan fingerprint density at radius 1 is 1.33 bits per heavy atom. The number of hydrogen-bond acceptors (Lipinski definition) is 4. The van der Waals surface area contributed by atoms with Crippen LogP contribution < -0.4 is 10.7 Å². The average molecular weight is 301 g/mol. The third-order valence-corrected chi connectivity index (χ3v) is 3.96. The largest absolute Gasteiger partial charge is 0.349 e. The molecule has 6 heteroatoms. The normalized spacial score (nSPS) is 10.8. The van der Waals surface area contributed by atoms with Crippen molar-refractivity contribution in [2.24, 2.45) is 5.10 Å². The summed E-state index contributed by atoms with van der Waals surface area (Å²) in [6.45, 7) is 6.58. The van der Waals surface area contributed by atoms with E-state index in [0.29, 0.717) is 6.54 Å². The molecule has 0 unspecified atom stereocenters. The van der Waals surface area contributed by atoms with E-state index in [-0.39, 0.29) is 5.96 Å². The van der Waals surface area contributed by atoms with Crippen molar-refractivity contribution >= 4 is 23.5 Å². The lowest BCUT2D eigenvalue weighted by Gasteiger charge is -2.06. The maximum absolute atomic E-state index is 7.76. The zero-order valence-corrected chi connectivity index (χ0v) is 13.2. The van der Waals surface area contributed by atoms with Crippen molar-refractivity contribution < 1.29 is 0 Å². The smallest absolute Gasteiger partial charge is 0.209 e. The van der Waals surface area contributed by atoms with Crippen molar-refractivity contribution in [3.05, 3.63) is 51.0 Å². The summed E-state index contributed by atoms with van der Waals surface area (Å²) in [7, 11) is 0. The van der Waals surface area contributed by atoms with E-state index in [1.54, 1.807) is 17.6 Å². The van der Waals surface area contributed by atoms with Crippen LogP contribution in [0.3, 0.4) is 0 Å². The number of aryl methyl sites for hydroxylation is 3. The Balaban J connectivity index is 1.85. The van der Waals surface area contributed by atoms with Crippen LogP contribution in [0, 0.1) is 26.2 Å². The maximum Gasteiger partial charge on any atom is 0.209 e. The van der Waals surface area contributed by atoms with Crippen LogP contribution in [0.5, 0.6) is 0 Å². The predicted molar refractivity (Wildman–Crippen MR) is 88.1 cm³/mol. The summed E-state index contributed by atoms with van der Waals surface area (Å²) < 4.78 is 0. The number of hydrazone groups is 1. The molecular formula is C15H19N5S. The van der Waals surface area contributed by atoms with E-state index in [2.05, 4.69) is 20.8 Å². The number of thiazole rings is 1. The van der Waals surface area contributed by atoms with Gasteiger partial charge in [0.2, 0.25) is 5.96 Å². The fourth-order valence-corrected chi connectivity index (χ4v) is 2.59. The molecule has 0 aliphatic carbocycles. The summed E-state index contributed by atoms with van der Waals surface area (Å²) in [5.41, 5.74) is 7.09. The molecule has 3 N–H and O–H groups in total. The van der Waals surface area contributed by atoms with Crippen LogP contribution in [0.1, 0.15) is 27.4 Å². The van der Waals surface area contributed by atoms with E-state index in [4.69, 9.17) is 5.41 Å². The van der Waals surface area contributed by atoms with Gasteiger partial charge in [0.25, 0.3) is 0 Å². The molecule has 0 aliphatic heterocycles. The van der Waals surface area contributed by atoms with Gasteiger partial charge in [-0.15, -0.1) is 11.3 Å². The monoisotopic (exact) mass is 301 g/mol. The first-order chi connectivity index (χ1) is 10.1. The first-order valence-corrected chi connectivity index (χ1v) is 7.53. The Morgan fingerprint density at radius 2 is 2.05 bits per heavy atom. The van der Waals surface area contributed by atoms with Gasteiger partial charge in [-0.25, -0.2) is 10.4 Å². The molecule has 1 heterocycles. The van der Waals surface area contributed by atoms with Crippen LogP contribution in [0.15, 0.2) is 28.7 Å². The Morgan fingerprint density at radius 3 is 2.67 bits per heavy atom. The summed E-state index contributed by atoms with van der Waals surface area (Å²) in [4.78, 5) is 4.33. The van der Waals surface area contributed by atoms with Crippen molar-refractivity contribution in [1.29, 1.82) is 5.41 Å². The number of hydrogen-bond donors (Lipinski definition) is 3. The molecule has 1 aromatic carbocycles. The zero-order chi connectivity index (χ0) is 15.2. The summed E-state index contributed by atoms with van der Waals surface area (Å²) >= 11 is 1.58. The first-order valence-electron chi connectivity index (χ1n) is 6.65. The van der Waals surface area contributed by atoms with Crippen molar-refractivity contribution in [1.82, 2.24) is 15.7 Å². The van der Waals surface area contributed by atoms with Gasteiger partial charge in [-0.2, -0.15) is 5.10 Å². The summed E-state index contributed by atoms with van der Waals surface area (Å²) in [5, 5.41) is 17.7. The molecule has 0 atom stereocenters. The van der Waals surface area contributed by atoms with Crippen molar-refractivity contribution in [2.75, 3.05) is 0 Å². The maximum atomic E-state index is 7.76. The molecule has 0 saturated carbocycles. The second-order valence-corrected chi connectivity index (χ2v) is 5.73. The quantitative estimate of drug-likeness (QED) is 0.462. The molecule has 0 saturated heterocycles. The molecule has 2 aromatic rings. The fourth-order valence-electron chi connectivity index (χ4n) is 1.88. The Labute approximate surface area is 128 Å². The van der Waals surface area contributed by atoms with Gasteiger partial charge in [0.15, 0.2) is 0 Å². The fraction of sp³-hybridized carbons (Fsp3) is 0.267. The second kappa shape index (κ2) is 6.99. The number of nitrogens with zero attached hydrogens (tertiary/aromatic N) is 2. The molecule has 0 radical (unpaired) electrons. The van der Waals surface area contributed by atoms with Gasteiger partial charge in [0.05, 0.1) is 12.8 Å². The van der Waals surface area contributed by atoms with Crippen molar-refractivity contribution in [3.63, 3.8) is 0 Å². The zero-order valence-electron chi connectivity index (χ0n) is 12.4. The third-order valence-electron chi connectivity index (χ3n) is 3.00. The highest BCUT2D eigenvalue weighted by Crippen LogP contribution is 2.10. The molecule has 21 heavy (non-hydrogen) atoms. The molecule has 110 valence electrons. The number of rotatable bonds is 4. The third kappa shape index (κ3) is 4.39. The highest BCUT2D eigenvalue weighted by atomic mass is 32.1. The van der Waals surface area contributed by atoms with Gasteiger partial charge < -0.3 is 5.32 Å². The van der Waals surface area contributed by atoms with Crippen LogP contribution >= 0.6 is 11.3 Å². The van der Waals surface area contributed by atoms with Gasteiger partial charge in [-0.1, -0.05) is 18.2 Å². The molecule has 0 spiro atoms. The number of nitrogens with one attached hydrogen (secondary N) is 3. The van der Waals surface area contributed by atoms with E-state index in [1.807, 2.05) is 44.4 Å². The lowest BCUT2D eigenvalue weighted by Crippen LogP contribution is -2.32. The van der Waals surface area contributed by atoms with E-state index >= 15 is 0 Å². The van der Waals surface area contributed by atoms with Gasteiger partial charge in [0.1, 0.15) is 5.01 Å². The Hall–Kier alpha value is -2.21. The topological polar surface area (TPSA) is 73.2 Å². The van der Waals surface area contributed by atoms with E-state index < -0.39 is 0 Å². The lowest BCUT2D eigenvalue weighted by molar-refractivity contribution is 0.828. The number of aromatic nitrogens is 1. The first kappa shape index (κ1) is 15.2. The van der Waals surface area contributed by atoms with Gasteiger partial charge >= 0.3 is 0 Å². The van der Waals surface area contributed by atoms with Crippen molar-refractivity contribution in [2.45, 2.75) is 27.3 Å². The van der Waals surface area contributed by atoms with Crippen LogP contribution in [0.2, 0.25) is 0 Å². The van der Waals surface area contributed by atoms with Gasteiger partial charge in [-0.05, 0) is 31.9 Å². The molecule has 5 nitrogen and oxygen atoms in total. The standard InChI is InChI=1S/C15H19N5S/c1-10-5-4-6-11(2)13(10)7-18-20-15(16)17-8-14-19-12(3)9-21-14/h4-7,9H,8H2,1-3H3,(H3,16,17,20)/b18-7+. The Kier molecular flexibility index (Phi) is 5.05. The average Bonchev–Trinajstić information content (AvgIpc) is 2.85. The molecular weight excluding hydrogens is 282 g/mol. The van der Waals surface area contributed by atoms with Crippen LogP contribution in [0.25, 0.3) is 0 Å². The summed E-state index contributed by atoms with van der Waals surface area (Å²) in [5.74, 6) is 0.158. The minimum Gasteiger partial charge on any atom is -0.349 e. The molecule has 0 amide bonds. The van der Waals surface area contributed by atoms with Crippen molar-refractivity contribution in [3.8, 4) is 0 Å². The molecule has 0 bridgehead atoms.